The van der Waals surface area contributed by atoms with E-state index in [0.717, 1.165) is 25.7 Å². The summed E-state index contributed by atoms with van der Waals surface area (Å²) in [6.45, 7) is 0.712. The summed E-state index contributed by atoms with van der Waals surface area (Å²) < 4.78 is 0. The Morgan fingerprint density at radius 2 is 1.94 bits per heavy atom. The Labute approximate surface area is 108 Å². The molecule has 17 heavy (non-hydrogen) atoms. The summed E-state index contributed by atoms with van der Waals surface area (Å²) in [6, 6.07) is 0. The molecule has 0 radical (unpaired) electrons. The Bertz CT molecular complexity index is 346. The van der Waals surface area contributed by atoms with Gasteiger partial charge >= 0.3 is 0 Å². The minimum absolute atomic E-state index is 0.0260. The Kier molecular flexibility index (Phi) is 3.16. The lowest BCUT2D eigenvalue weighted by molar-refractivity contribution is -0.125. The highest BCUT2D eigenvalue weighted by Gasteiger charge is 2.53. The van der Waals surface area contributed by atoms with Crippen LogP contribution in [0.1, 0.15) is 32.1 Å². The van der Waals surface area contributed by atoms with Gasteiger partial charge in [0.05, 0.1) is 10.4 Å². The van der Waals surface area contributed by atoms with Crippen LogP contribution in [0.4, 0.5) is 0 Å². The lowest BCUT2D eigenvalue weighted by Gasteiger charge is -2.47. The molecule has 0 aromatic heterocycles. The second kappa shape index (κ2) is 4.21. The summed E-state index contributed by atoms with van der Waals surface area (Å²) in [6.07, 6.45) is 5.17. The van der Waals surface area contributed by atoms with E-state index in [1.807, 2.05) is 0 Å². The number of thiocarbonyl (C=S) groups is 1. The molecule has 0 spiro atoms. The minimum atomic E-state index is -0.521. The fourth-order valence-corrected chi connectivity index (χ4v) is 2.79. The van der Waals surface area contributed by atoms with Gasteiger partial charge in [-0.2, -0.15) is 0 Å². The van der Waals surface area contributed by atoms with Crippen molar-refractivity contribution >= 4 is 23.1 Å². The van der Waals surface area contributed by atoms with Gasteiger partial charge in [0.25, 0.3) is 0 Å². The average molecular weight is 255 g/mol. The molecule has 4 nitrogen and oxygen atoms in total. The van der Waals surface area contributed by atoms with Gasteiger partial charge in [-0.15, -0.1) is 0 Å². The van der Waals surface area contributed by atoms with Crippen molar-refractivity contribution in [2.75, 3.05) is 20.6 Å². The fraction of sp³-hybridized carbons (Fsp3) is 0.833. The Hall–Kier alpha value is -0.680. The van der Waals surface area contributed by atoms with E-state index in [4.69, 9.17) is 18.0 Å². The standard InChI is InChI=1S/C12H21N3OS/c1-15(2)11(4-3-5-11)8-14-10(16)12(6-7-12)9(13)17/h3-8H2,1-2H3,(H2,13,17)(H,14,16). The first-order valence-corrected chi connectivity index (χ1v) is 6.59. The number of nitrogens with one attached hydrogen (secondary N) is 1. The number of nitrogens with zero attached hydrogens (tertiary/aromatic N) is 1. The molecule has 96 valence electrons. The van der Waals surface area contributed by atoms with Gasteiger partial charge in [-0.3, -0.25) is 4.79 Å². The van der Waals surface area contributed by atoms with Crippen LogP contribution in [0, 0.1) is 5.41 Å². The number of likely N-dealkylation sites (N-methyl/N-ethyl adjacent to an activating group) is 1. The molecule has 0 saturated heterocycles. The van der Waals surface area contributed by atoms with Crippen molar-refractivity contribution in [3.8, 4) is 0 Å². The van der Waals surface area contributed by atoms with Crippen LogP contribution >= 0.6 is 12.2 Å². The smallest absolute Gasteiger partial charge is 0.233 e. The van der Waals surface area contributed by atoms with Crippen LogP contribution in [0.25, 0.3) is 0 Å². The Morgan fingerprint density at radius 3 is 2.24 bits per heavy atom. The molecule has 0 atom stereocenters. The highest BCUT2D eigenvalue weighted by Crippen LogP contribution is 2.46. The molecule has 2 fully saturated rings. The van der Waals surface area contributed by atoms with Gasteiger partial charge in [-0.1, -0.05) is 12.2 Å². The van der Waals surface area contributed by atoms with Crippen LogP contribution in [-0.4, -0.2) is 42.0 Å². The quantitative estimate of drug-likeness (QED) is 0.708. The molecule has 0 unspecified atom stereocenters. The van der Waals surface area contributed by atoms with Crippen molar-refractivity contribution in [3.63, 3.8) is 0 Å². The molecule has 5 heteroatoms. The zero-order chi connectivity index (χ0) is 12.7. The number of nitrogens with two attached hydrogens (primary N) is 1. The predicted molar refractivity (Wildman–Crippen MR) is 71.7 cm³/mol. The van der Waals surface area contributed by atoms with Gasteiger partial charge in [-0.05, 0) is 46.2 Å². The zero-order valence-electron chi connectivity index (χ0n) is 10.6. The van der Waals surface area contributed by atoms with Crippen LogP contribution in [-0.2, 0) is 4.79 Å². The molecule has 2 rings (SSSR count). The third-order valence-electron chi connectivity index (χ3n) is 4.47. The van der Waals surface area contributed by atoms with Crippen LogP contribution < -0.4 is 11.1 Å². The fourth-order valence-electron chi connectivity index (χ4n) is 2.49. The maximum atomic E-state index is 12.1. The number of carbonyl (C=O) groups excluding carboxylic acids is 1. The zero-order valence-corrected chi connectivity index (χ0v) is 11.4. The van der Waals surface area contributed by atoms with Gasteiger partial charge in [0.2, 0.25) is 5.91 Å². The number of carbonyl (C=O) groups is 1. The van der Waals surface area contributed by atoms with Crippen LogP contribution in [0.2, 0.25) is 0 Å². The normalized spacial score (nSPS) is 23.9. The molecule has 2 aliphatic rings. The number of hydrogen-bond donors (Lipinski definition) is 2. The summed E-state index contributed by atoms with van der Waals surface area (Å²) in [4.78, 5) is 14.6. The Morgan fingerprint density at radius 1 is 1.35 bits per heavy atom. The SMILES string of the molecule is CN(C)C1(CNC(=O)C2(C(N)=S)CC2)CCC1. The first kappa shape index (κ1) is 12.8. The number of hydrogen-bond acceptors (Lipinski definition) is 3. The monoisotopic (exact) mass is 255 g/mol. The highest BCUT2D eigenvalue weighted by molar-refractivity contribution is 7.80. The van der Waals surface area contributed by atoms with Crippen LogP contribution in [0.3, 0.4) is 0 Å². The van der Waals surface area contributed by atoms with E-state index in [0.29, 0.717) is 11.5 Å². The number of rotatable bonds is 5. The average Bonchev–Trinajstić information content (AvgIpc) is 2.95. The largest absolute Gasteiger partial charge is 0.392 e. The molecule has 0 aromatic rings. The maximum Gasteiger partial charge on any atom is 0.233 e. The topological polar surface area (TPSA) is 58.4 Å². The highest BCUT2D eigenvalue weighted by atomic mass is 32.1. The summed E-state index contributed by atoms with van der Waals surface area (Å²) >= 11 is 4.98. The van der Waals surface area contributed by atoms with Crippen molar-refractivity contribution in [2.24, 2.45) is 11.1 Å². The minimum Gasteiger partial charge on any atom is -0.392 e. The summed E-state index contributed by atoms with van der Waals surface area (Å²) in [5.74, 6) is 0.0260. The van der Waals surface area contributed by atoms with Crippen molar-refractivity contribution < 1.29 is 4.79 Å². The molecule has 0 heterocycles. The van der Waals surface area contributed by atoms with E-state index in [1.54, 1.807) is 0 Å². The molecular formula is C12H21N3OS. The Balaban J connectivity index is 1.90. The van der Waals surface area contributed by atoms with Crippen molar-refractivity contribution in [3.05, 3.63) is 0 Å². The van der Waals surface area contributed by atoms with Crippen molar-refractivity contribution in [1.29, 1.82) is 0 Å². The third kappa shape index (κ3) is 2.06. The van der Waals surface area contributed by atoms with E-state index in [9.17, 15) is 4.79 Å². The molecule has 2 aliphatic carbocycles. The maximum absolute atomic E-state index is 12.1. The number of amides is 1. The lowest BCUT2D eigenvalue weighted by atomic mass is 9.75. The van der Waals surface area contributed by atoms with E-state index >= 15 is 0 Å². The van der Waals surface area contributed by atoms with E-state index in [-0.39, 0.29) is 11.4 Å². The summed E-state index contributed by atoms with van der Waals surface area (Å²) in [5, 5.41) is 3.04. The molecule has 0 aromatic carbocycles. The van der Waals surface area contributed by atoms with E-state index in [1.165, 1.54) is 6.42 Å². The molecule has 0 aliphatic heterocycles. The van der Waals surface area contributed by atoms with Gasteiger partial charge in [0.1, 0.15) is 0 Å². The second-order valence-electron chi connectivity index (χ2n) is 5.60. The van der Waals surface area contributed by atoms with E-state index in [2.05, 4.69) is 24.3 Å². The lowest BCUT2D eigenvalue weighted by Crippen LogP contribution is -2.58. The van der Waals surface area contributed by atoms with Gasteiger partial charge in [-0.25, -0.2) is 0 Å². The van der Waals surface area contributed by atoms with E-state index < -0.39 is 5.41 Å². The molecule has 0 bridgehead atoms. The molecule has 3 N–H and O–H groups in total. The van der Waals surface area contributed by atoms with Gasteiger partial charge < -0.3 is 16.0 Å². The van der Waals surface area contributed by atoms with Crippen LogP contribution in [0.5, 0.6) is 0 Å². The van der Waals surface area contributed by atoms with Gasteiger partial charge in [0.15, 0.2) is 0 Å². The van der Waals surface area contributed by atoms with Crippen molar-refractivity contribution in [2.45, 2.75) is 37.6 Å². The summed E-state index contributed by atoms with van der Waals surface area (Å²) in [5.41, 5.74) is 5.27. The first-order valence-electron chi connectivity index (χ1n) is 6.19. The second-order valence-corrected chi connectivity index (χ2v) is 6.04. The summed E-state index contributed by atoms with van der Waals surface area (Å²) in [7, 11) is 4.15. The third-order valence-corrected chi connectivity index (χ3v) is 4.86. The predicted octanol–water partition coefficient (Wildman–Crippen LogP) is 0.653. The van der Waals surface area contributed by atoms with Crippen molar-refractivity contribution in [1.82, 2.24) is 10.2 Å². The molecule has 2 saturated carbocycles. The van der Waals surface area contributed by atoms with Gasteiger partial charge in [0, 0.05) is 12.1 Å². The first-order chi connectivity index (χ1) is 7.93. The molecule has 1 amide bonds. The molecular weight excluding hydrogens is 234 g/mol. The van der Waals surface area contributed by atoms with Crippen LogP contribution in [0.15, 0.2) is 0 Å².